The predicted octanol–water partition coefficient (Wildman–Crippen LogP) is 3.51. The molecule has 8 nitrogen and oxygen atoms in total. The molecule has 0 saturated carbocycles. The lowest BCUT2D eigenvalue weighted by molar-refractivity contribution is 0.262. The van der Waals surface area contributed by atoms with Crippen LogP contribution in [-0.2, 0) is 5.41 Å². The van der Waals surface area contributed by atoms with Gasteiger partial charge < -0.3 is 5.32 Å². The normalized spacial score (nSPS) is 11.3. The van der Waals surface area contributed by atoms with Gasteiger partial charge in [0.1, 0.15) is 5.82 Å². The molecule has 8 heteroatoms. The minimum atomic E-state index is -0.416. The fourth-order valence-corrected chi connectivity index (χ4v) is 2.58. The minimum Gasteiger partial charge on any atom is -0.308 e. The highest BCUT2D eigenvalue weighted by atomic mass is 16.2. The number of aromatic amines is 1. The number of rotatable bonds is 3. The maximum absolute atomic E-state index is 12.5. The van der Waals surface area contributed by atoms with Crippen LogP contribution in [0, 0.1) is 13.8 Å². The van der Waals surface area contributed by atoms with E-state index in [1.807, 2.05) is 52.0 Å². The monoisotopic (exact) mass is 380 g/mol. The number of amides is 2. The lowest BCUT2D eigenvalue weighted by Gasteiger charge is -2.13. The van der Waals surface area contributed by atoms with Gasteiger partial charge in [0.2, 0.25) is 5.95 Å². The number of aromatic nitrogens is 4. The summed E-state index contributed by atoms with van der Waals surface area (Å²) >= 11 is 0. The Morgan fingerprint density at radius 3 is 2.36 bits per heavy atom. The summed E-state index contributed by atoms with van der Waals surface area (Å²) in [6, 6.07) is 10.2. The molecule has 0 spiro atoms. The van der Waals surface area contributed by atoms with Gasteiger partial charge >= 0.3 is 6.03 Å². The molecular formula is C20H24N6O2. The number of anilines is 2. The number of urea groups is 1. The van der Waals surface area contributed by atoms with Crippen molar-refractivity contribution in [3.05, 3.63) is 63.7 Å². The third-order valence-corrected chi connectivity index (χ3v) is 4.09. The maximum atomic E-state index is 12.5. The standard InChI is InChI=1S/C20H24N6O2/c1-12-6-8-14(9-7-12)22-19(28)23-16-11-15(20(3,4)5)25-26(16)18-21-13(2)10-17(27)24-18/h6-11H,1-5H3,(H,21,24,27)(H2,22,23,28). The zero-order valence-corrected chi connectivity index (χ0v) is 16.6. The summed E-state index contributed by atoms with van der Waals surface area (Å²) in [5.74, 6) is 0.648. The van der Waals surface area contributed by atoms with Crippen LogP contribution in [0.25, 0.3) is 5.95 Å². The van der Waals surface area contributed by atoms with E-state index in [2.05, 4.69) is 25.7 Å². The van der Waals surface area contributed by atoms with Crippen LogP contribution in [0.5, 0.6) is 0 Å². The molecule has 0 saturated heterocycles. The molecular weight excluding hydrogens is 356 g/mol. The first-order valence-electron chi connectivity index (χ1n) is 8.95. The van der Waals surface area contributed by atoms with Crippen LogP contribution in [0.4, 0.5) is 16.3 Å². The molecule has 0 radical (unpaired) electrons. The number of hydrogen-bond acceptors (Lipinski definition) is 4. The van der Waals surface area contributed by atoms with Gasteiger partial charge in [-0.2, -0.15) is 9.78 Å². The highest BCUT2D eigenvalue weighted by Crippen LogP contribution is 2.25. The Hall–Kier alpha value is -3.42. The molecule has 0 atom stereocenters. The fraction of sp³-hybridized carbons (Fsp3) is 0.300. The highest BCUT2D eigenvalue weighted by molar-refractivity contribution is 5.99. The van der Waals surface area contributed by atoms with Crippen LogP contribution < -0.4 is 16.2 Å². The number of hydrogen-bond donors (Lipinski definition) is 3. The largest absolute Gasteiger partial charge is 0.324 e. The zero-order valence-electron chi connectivity index (χ0n) is 16.6. The Kier molecular flexibility index (Phi) is 5.04. The summed E-state index contributed by atoms with van der Waals surface area (Å²) in [7, 11) is 0. The van der Waals surface area contributed by atoms with Crippen molar-refractivity contribution >= 4 is 17.5 Å². The van der Waals surface area contributed by atoms with E-state index in [9.17, 15) is 9.59 Å². The summed E-state index contributed by atoms with van der Waals surface area (Å²) in [6.07, 6.45) is 0. The van der Waals surface area contributed by atoms with Crippen molar-refractivity contribution in [1.82, 2.24) is 19.7 Å². The van der Waals surface area contributed by atoms with E-state index in [0.29, 0.717) is 17.2 Å². The molecule has 0 unspecified atom stereocenters. The average Bonchev–Trinajstić information content (AvgIpc) is 3.00. The molecule has 0 aliphatic rings. The molecule has 2 heterocycles. The van der Waals surface area contributed by atoms with Gasteiger partial charge in [-0.1, -0.05) is 38.5 Å². The molecule has 146 valence electrons. The summed E-state index contributed by atoms with van der Waals surface area (Å²) < 4.78 is 1.43. The number of nitrogens with one attached hydrogen (secondary N) is 3. The van der Waals surface area contributed by atoms with E-state index < -0.39 is 6.03 Å². The molecule has 3 aromatic rings. The Morgan fingerprint density at radius 2 is 1.75 bits per heavy atom. The molecule has 0 aliphatic carbocycles. The molecule has 1 aromatic carbocycles. The maximum Gasteiger partial charge on any atom is 0.324 e. The van der Waals surface area contributed by atoms with Gasteiger partial charge in [0.05, 0.1) is 5.69 Å². The van der Waals surface area contributed by atoms with Crippen LogP contribution in [0.2, 0.25) is 0 Å². The van der Waals surface area contributed by atoms with Gasteiger partial charge in [-0.15, -0.1) is 0 Å². The first-order valence-corrected chi connectivity index (χ1v) is 8.95. The minimum absolute atomic E-state index is 0.242. The molecule has 3 N–H and O–H groups in total. The number of nitrogens with zero attached hydrogens (tertiary/aromatic N) is 3. The number of H-pyrrole nitrogens is 1. The van der Waals surface area contributed by atoms with E-state index >= 15 is 0 Å². The Bertz CT molecular complexity index is 1060. The second-order valence-electron chi connectivity index (χ2n) is 7.73. The van der Waals surface area contributed by atoms with E-state index in [1.54, 1.807) is 13.0 Å². The Labute approximate surface area is 163 Å². The molecule has 2 amide bonds. The lowest BCUT2D eigenvalue weighted by atomic mass is 9.92. The first kappa shape index (κ1) is 19.3. The second kappa shape index (κ2) is 7.30. The average molecular weight is 380 g/mol. The van der Waals surface area contributed by atoms with Gasteiger partial charge in [-0.05, 0) is 26.0 Å². The third kappa shape index (κ3) is 4.46. The molecule has 0 fully saturated rings. The van der Waals surface area contributed by atoms with Crippen LogP contribution in [0.3, 0.4) is 0 Å². The highest BCUT2D eigenvalue weighted by Gasteiger charge is 2.22. The van der Waals surface area contributed by atoms with Crippen molar-refractivity contribution in [2.75, 3.05) is 10.6 Å². The second-order valence-corrected chi connectivity index (χ2v) is 7.73. The van der Waals surface area contributed by atoms with E-state index in [4.69, 9.17) is 0 Å². The molecule has 28 heavy (non-hydrogen) atoms. The summed E-state index contributed by atoms with van der Waals surface area (Å²) in [4.78, 5) is 31.3. The Balaban J connectivity index is 1.94. The van der Waals surface area contributed by atoms with Crippen molar-refractivity contribution in [3.63, 3.8) is 0 Å². The molecule has 3 rings (SSSR count). The summed E-state index contributed by atoms with van der Waals surface area (Å²) in [6.45, 7) is 9.75. The summed E-state index contributed by atoms with van der Waals surface area (Å²) in [5, 5.41) is 10.1. The number of carbonyl (C=O) groups excluding carboxylic acids is 1. The first-order chi connectivity index (χ1) is 13.1. The number of carbonyl (C=O) groups is 1. The van der Waals surface area contributed by atoms with Crippen LogP contribution in [0.1, 0.15) is 37.7 Å². The van der Waals surface area contributed by atoms with Crippen LogP contribution >= 0.6 is 0 Å². The predicted molar refractivity (Wildman–Crippen MR) is 109 cm³/mol. The topological polar surface area (TPSA) is 105 Å². The fourth-order valence-electron chi connectivity index (χ4n) is 2.58. The lowest BCUT2D eigenvalue weighted by Crippen LogP contribution is -2.22. The molecule has 2 aromatic heterocycles. The molecule has 0 bridgehead atoms. The smallest absolute Gasteiger partial charge is 0.308 e. The van der Waals surface area contributed by atoms with Crippen LogP contribution in [-0.4, -0.2) is 25.8 Å². The van der Waals surface area contributed by atoms with Gasteiger partial charge in [0.15, 0.2) is 0 Å². The van der Waals surface area contributed by atoms with Gasteiger partial charge in [-0.25, -0.2) is 9.78 Å². The van der Waals surface area contributed by atoms with Gasteiger partial charge in [0.25, 0.3) is 5.56 Å². The van der Waals surface area contributed by atoms with Gasteiger partial charge in [-0.3, -0.25) is 15.1 Å². The Morgan fingerprint density at radius 1 is 1.07 bits per heavy atom. The van der Waals surface area contributed by atoms with E-state index in [1.165, 1.54) is 10.7 Å². The quantitative estimate of drug-likeness (QED) is 0.646. The number of benzene rings is 1. The zero-order chi connectivity index (χ0) is 20.5. The van der Waals surface area contributed by atoms with Gasteiger partial charge in [0, 0.05) is 28.9 Å². The summed E-state index contributed by atoms with van der Waals surface area (Å²) in [5.41, 5.74) is 2.55. The van der Waals surface area contributed by atoms with E-state index in [0.717, 1.165) is 11.3 Å². The number of aryl methyl sites for hydroxylation is 2. The van der Waals surface area contributed by atoms with Crippen molar-refractivity contribution in [2.45, 2.75) is 40.0 Å². The molecule has 0 aliphatic heterocycles. The van der Waals surface area contributed by atoms with Crippen molar-refractivity contribution in [1.29, 1.82) is 0 Å². The van der Waals surface area contributed by atoms with Crippen molar-refractivity contribution in [3.8, 4) is 5.95 Å². The van der Waals surface area contributed by atoms with Crippen molar-refractivity contribution in [2.24, 2.45) is 0 Å². The van der Waals surface area contributed by atoms with Crippen molar-refractivity contribution < 1.29 is 4.79 Å². The SMILES string of the molecule is Cc1ccc(NC(=O)Nc2cc(C(C)(C)C)nn2-c2nc(C)cc(=O)[nH]2)cc1. The van der Waals surface area contributed by atoms with E-state index in [-0.39, 0.29) is 16.9 Å². The van der Waals surface area contributed by atoms with Crippen LogP contribution in [0.15, 0.2) is 41.2 Å². The third-order valence-electron chi connectivity index (χ3n) is 4.09.